The van der Waals surface area contributed by atoms with E-state index < -0.39 is 0 Å². The minimum absolute atomic E-state index is 0.484. The molecule has 4 N–H and O–H groups in total. The lowest BCUT2D eigenvalue weighted by atomic mass is 9.86. The Hall–Kier alpha value is -0.620. The highest BCUT2D eigenvalue weighted by Gasteiger charge is 2.21. The van der Waals surface area contributed by atoms with Gasteiger partial charge in [-0.25, -0.2) is 0 Å². The summed E-state index contributed by atoms with van der Waals surface area (Å²) in [6.07, 6.45) is 5.10. The van der Waals surface area contributed by atoms with Crippen LogP contribution in [0.3, 0.4) is 0 Å². The van der Waals surface area contributed by atoms with Crippen LogP contribution in [0.25, 0.3) is 0 Å². The van der Waals surface area contributed by atoms with Gasteiger partial charge in [0, 0.05) is 12.6 Å². The Morgan fingerprint density at radius 1 is 1.12 bits per heavy atom. The molecular formula is C11H22N4S2. The molecular weight excluding hydrogens is 252 g/mol. The second-order valence-corrected chi connectivity index (χ2v) is 5.27. The molecule has 0 saturated heterocycles. The van der Waals surface area contributed by atoms with Crippen LogP contribution in [0.1, 0.15) is 39.5 Å². The number of thiocarbonyl (C=S) groups is 2. The zero-order valence-corrected chi connectivity index (χ0v) is 12.1. The summed E-state index contributed by atoms with van der Waals surface area (Å²) in [6.45, 7) is 5.07. The van der Waals surface area contributed by atoms with Crippen LogP contribution >= 0.6 is 24.4 Å². The lowest BCUT2D eigenvalue weighted by Crippen LogP contribution is -2.53. The van der Waals surface area contributed by atoms with Crippen LogP contribution in [0.4, 0.5) is 0 Å². The van der Waals surface area contributed by atoms with Gasteiger partial charge in [0.25, 0.3) is 0 Å². The largest absolute Gasteiger partial charge is 0.362 e. The Morgan fingerprint density at radius 3 is 2.41 bits per heavy atom. The van der Waals surface area contributed by atoms with Crippen molar-refractivity contribution in [3.8, 4) is 0 Å². The van der Waals surface area contributed by atoms with Crippen LogP contribution in [0.2, 0.25) is 0 Å². The summed E-state index contributed by atoms with van der Waals surface area (Å²) >= 11 is 10.2. The molecule has 0 bridgehead atoms. The van der Waals surface area contributed by atoms with E-state index in [9.17, 15) is 0 Å². The summed E-state index contributed by atoms with van der Waals surface area (Å²) < 4.78 is 0. The molecule has 2 atom stereocenters. The molecule has 98 valence electrons. The van der Waals surface area contributed by atoms with Gasteiger partial charge in [-0.3, -0.25) is 10.9 Å². The molecule has 0 spiro atoms. The van der Waals surface area contributed by atoms with Crippen molar-refractivity contribution >= 4 is 34.7 Å². The zero-order valence-electron chi connectivity index (χ0n) is 10.5. The molecule has 0 aliphatic heterocycles. The molecule has 0 unspecified atom stereocenters. The fraction of sp³-hybridized carbons (Fsp3) is 0.818. The lowest BCUT2D eigenvalue weighted by molar-refractivity contribution is 0.308. The molecule has 0 aromatic rings. The van der Waals surface area contributed by atoms with E-state index in [0.717, 1.165) is 6.54 Å². The van der Waals surface area contributed by atoms with E-state index in [1.165, 1.54) is 25.7 Å². The summed E-state index contributed by atoms with van der Waals surface area (Å²) in [7, 11) is 0. The van der Waals surface area contributed by atoms with Gasteiger partial charge in [-0.15, -0.1) is 0 Å². The molecule has 1 rings (SSSR count). The van der Waals surface area contributed by atoms with Gasteiger partial charge in [-0.2, -0.15) is 0 Å². The topological polar surface area (TPSA) is 48.1 Å². The molecule has 17 heavy (non-hydrogen) atoms. The predicted molar refractivity (Wildman–Crippen MR) is 79.7 cm³/mol. The average molecular weight is 274 g/mol. The van der Waals surface area contributed by atoms with Gasteiger partial charge in [0.05, 0.1) is 0 Å². The fourth-order valence-electron chi connectivity index (χ4n) is 2.05. The van der Waals surface area contributed by atoms with Gasteiger partial charge in [0.1, 0.15) is 0 Å². The van der Waals surface area contributed by atoms with Gasteiger partial charge in [-0.1, -0.05) is 19.8 Å². The van der Waals surface area contributed by atoms with Crippen LogP contribution < -0.4 is 21.5 Å². The first-order valence-corrected chi connectivity index (χ1v) is 7.05. The van der Waals surface area contributed by atoms with Crippen molar-refractivity contribution in [1.29, 1.82) is 0 Å². The first kappa shape index (κ1) is 14.4. The van der Waals surface area contributed by atoms with Crippen LogP contribution in [0, 0.1) is 5.92 Å². The molecule has 6 heteroatoms. The summed E-state index contributed by atoms with van der Waals surface area (Å²) in [5, 5.41) is 7.50. The highest BCUT2D eigenvalue weighted by Crippen LogP contribution is 2.23. The Bertz CT molecular complexity index is 270. The zero-order chi connectivity index (χ0) is 12.7. The van der Waals surface area contributed by atoms with Gasteiger partial charge in [0.15, 0.2) is 10.2 Å². The van der Waals surface area contributed by atoms with E-state index in [0.29, 0.717) is 22.2 Å². The maximum absolute atomic E-state index is 5.22. The second-order valence-electron chi connectivity index (χ2n) is 4.45. The molecule has 1 saturated carbocycles. The summed E-state index contributed by atoms with van der Waals surface area (Å²) in [4.78, 5) is 0. The highest BCUT2D eigenvalue weighted by atomic mass is 32.1. The maximum Gasteiger partial charge on any atom is 0.185 e. The van der Waals surface area contributed by atoms with Crippen LogP contribution in [0.5, 0.6) is 0 Å². The Labute approximate surface area is 114 Å². The van der Waals surface area contributed by atoms with Crippen LogP contribution in [0.15, 0.2) is 0 Å². The molecule has 0 aromatic carbocycles. The van der Waals surface area contributed by atoms with E-state index >= 15 is 0 Å². The van der Waals surface area contributed by atoms with Crippen LogP contribution in [-0.2, 0) is 0 Å². The van der Waals surface area contributed by atoms with Gasteiger partial charge < -0.3 is 10.6 Å². The van der Waals surface area contributed by atoms with Gasteiger partial charge in [0.2, 0.25) is 0 Å². The minimum atomic E-state index is 0.484. The molecule has 4 nitrogen and oxygen atoms in total. The maximum atomic E-state index is 5.22. The van der Waals surface area contributed by atoms with Crippen molar-refractivity contribution in [3.63, 3.8) is 0 Å². The average Bonchev–Trinajstić information content (AvgIpc) is 2.30. The van der Waals surface area contributed by atoms with Crippen molar-refractivity contribution in [2.24, 2.45) is 5.92 Å². The van der Waals surface area contributed by atoms with Crippen LogP contribution in [-0.4, -0.2) is 22.8 Å². The van der Waals surface area contributed by atoms with Gasteiger partial charge >= 0.3 is 0 Å². The molecule has 0 radical (unpaired) electrons. The van der Waals surface area contributed by atoms with Gasteiger partial charge in [-0.05, 0) is 50.1 Å². The van der Waals surface area contributed by atoms with E-state index in [4.69, 9.17) is 24.4 Å². The SMILES string of the molecule is CCNC(=S)NNC(=S)N[C@H]1CCCC[C@@H]1C. The van der Waals surface area contributed by atoms with Crippen molar-refractivity contribution in [3.05, 3.63) is 0 Å². The van der Waals surface area contributed by atoms with E-state index in [1.807, 2.05) is 6.92 Å². The highest BCUT2D eigenvalue weighted by molar-refractivity contribution is 7.80. The van der Waals surface area contributed by atoms with E-state index in [-0.39, 0.29) is 0 Å². The quantitative estimate of drug-likeness (QED) is 0.451. The lowest BCUT2D eigenvalue weighted by Gasteiger charge is -2.30. The summed E-state index contributed by atoms with van der Waals surface area (Å²) in [5.41, 5.74) is 5.76. The fourth-order valence-corrected chi connectivity index (χ4v) is 2.45. The Morgan fingerprint density at radius 2 is 1.76 bits per heavy atom. The number of hydrogen-bond donors (Lipinski definition) is 4. The van der Waals surface area contributed by atoms with Crippen molar-refractivity contribution in [1.82, 2.24) is 21.5 Å². The molecule has 1 aliphatic rings. The Kier molecular flexibility index (Phi) is 6.50. The number of rotatable bonds is 2. The second kappa shape index (κ2) is 7.66. The van der Waals surface area contributed by atoms with Crippen molar-refractivity contribution in [2.75, 3.05) is 6.54 Å². The number of nitrogens with one attached hydrogen (secondary N) is 4. The Balaban J connectivity index is 2.22. The summed E-state index contributed by atoms with van der Waals surface area (Å²) in [6, 6.07) is 0.484. The third-order valence-corrected chi connectivity index (χ3v) is 3.52. The third kappa shape index (κ3) is 5.50. The molecule has 0 aromatic heterocycles. The minimum Gasteiger partial charge on any atom is -0.362 e. The molecule has 0 heterocycles. The first-order valence-electron chi connectivity index (χ1n) is 6.23. The standard InChI is InChI=1S/C11H22N4S2/c1-3-12-10(16)14-15-11(17)13-9-7-5-4-6-8(9)2/h8-9H,3-7H2,1-2H3,(H2,12,14,16)(H2,13,15,17)/t8-,9-/m0/s1. The summed E-state index contributed by atoms with van der Waals surface area (Å²) in [5.74, 6) is 0.684. The monoisotopic (exact) mass is 274 g/mol. The smallest absolute Gasteiger partial charge is 0.185 e. The van der Waals surface area contributed by atoms with E-state index in [1.54, 1.807) is 0 Å². The molecule has 1 fully saturated rings. The van der Waals surface area contributed by atoms with Crippen molar-refractivity contribution in [2.45, 2.75) is 45.6 Å². The molecule has 1 aliphatic carbocycles. The normalized spacial score (nSPS) is 23.6. The number of hydrogen-bond acceptors (Lipinski definition) is 2. The number of hydrazine groups is 1. The third-order valence-electron chi connectivity index (χ3n) is 3.05. The predicted octanol–water partition coefficient (Wildman–Crippen LogP) is 1.43. The first-order chi connectivity index (χ1) is 8.13. The molecule has 0 amide bonds. The van der Waals surface area contributed by atoms with E-state index in [2.05, 4.69) is 28.4 Å². The van der Waals surface area contributed by atoms with Crippen molar-refractivity contribution < 1.29 is 0 Å².